The van der Waals surface area contributed by atoms with Gasteiger partial charge in [-0.1, -0.05) is 0 Å². The molecule has 1 aliphatic rings. The Balaban J connectivity index is 1.45. The Morgan fingerprint density at radius 3 is 2.84 bits per heavy atom. The summed E-state index contributed by atoms with van der Waals surface area (Å²) >= 11 is 1.49. The number of fused-ring (bicyclic) bond motifs is 1. The number of rotatable bonds is 4. The molecule has 1 fully saturated rings. The molecule has 1 aromatic carbocycles. The minimum absolute atomic E-state index is 0.241. The molecule has 2 N–H and O–H groups in total. The first kappa shape index (κ1) is 19.9. The van der Waals surface area contributed by atoms with E-state index in [1.54, 1.807) is 12.3 Å². The van der Waals surface area contributed by atoms with E-state index < -0.39 is 0 Å². The van der Waals surface area contributed by atoms with E-state index in [1.807, 2.05) is 29.9 Å². The van der Waals surface area contributed by atoms with E-state index >= 15 is 0 Å². The first-order chi connectivity index (χ1) is 15.0. The van der Waals surface area contributed by atoms with Gasteiger partial charge in [0.15, 0.2) is 5.69 Å². The highest BCUT2D eigenvalue weighted by molar-refractivity contribution is 7.16. The van der Waals surface area contributed by atoms with E-state index in [9.17, 15) is 9.18 Å². The lowest BCUT2D eigenvalue weighted by Crippen LogP contribution is -2.31. The molecule has 31 heavy (non-hydrogen) atoms. The summed E-state index contributed by atoms with van der Waals surface area (Å²) in [5, 5.41) is 15.6. The highest BCUT2D eigenvalue weighted by Crippen LogP contribution is 2.31. The normalized spacial score (nSPS) is 15.6. The summed E-state index contributed by atoms with van der Waals surface area (Å²) in [6.07, 6.45) is 5.63. The molecule has 5 rings (SSSR count). The molecule has 1 saturated heterocycles. The number of hydrogen-bond acceptors (Lipinski definition) is 5. The van der Waals surface area contributed by atoms with Crippen molar-refractivity contribution in [2.45, 2.75) is 25.8 Å². The number of piperidine rings is 1. The van der Waals surface area contributed by atoms with Gasteiger partial charge in [0.1, 0.15) is 5.82 Å². The Bertz CT molecular complexity index is 1250. The molecule has 0 bridgehead atoms. The average molecular weight is 439 g/mol. The number of thiophene rings is 1. The molecule has 1 amide bonds. The second-order valence-corrected chi connectivity index (χ2v) is 9.35. The van der Waals surface area contributed by atoms with Gasteiger partial charge in [-0.15, -0.1) is 11.3 Å². The fourth-order valence-corrected chi connectivity index (χ4v) is 4.80. The van der Waals surface area contributed by atoms with Gasteiger partial charge in [0.25, 0.3) is 5.91 Å². The summed E-state index contributed by atoms with van der Waals surface area (Å²) in [7, 11) is 2.12. The third kappa shape index (κ3) is 3.86. The summed E-state index contributed by atoms with van der Waals surface area (Å²) in [5.41, 5.74) is 1.83. The zero-order chi connectivity index (χ0) is 21.5. The topological polar surface area (TPSA) is 78.8 Å². The van der Waals surface area contributed by atoms with Gasteiger partial charge in [-0.25, -0.2) is 4.39 Å². The number of anilines is 1. The van der Waals surface area contributed by atoms with E-state index in [4.69, 9.17) is 0 Å². The van der Waals surface area contributed by atoms with Crippen LogP contribution < -0.4 is 5.32 Å². The Hall–Kier alpha value is -3.04. The highest BCUT2D eigenvalue weighted by Gasteiger charge is 2.21. The van der Waals surface area contributed by atoms with Crippen molar-refractivity contribution < 1.29 is 9.18 Å². The molecule has 7 nitrogen and oxygen atoms in total. The molecular weight excluding hydrogens is 415 g/mol. The average Bonchev–Trinajstić information content (AvgIpc) is 3.47. The molecule has 0 atom stereocenters. The maximum absolute atomic E-state index is 14.9. The first-order valence-corrected chi connectivity index (χ1v) is 11.1. The Morgan fingerprint density at radius 1 is 1.29 bits per heavy atom. The quantitative estimate of drug-likeness (QED) is 0.493. The van der Waals surface area contributed by atoms with Gasteiger partial charge in [0, 0.05) is 33.7 Å². The Kier molecular flexibility index (Phi) is 5.07. The summed E-state index contributed by atoms with van der Waals surface area (Å²) < 4.78 is 16.8. The molecule has 0 unspecified atom stereocenters. The van der Waals surface area contributed by atoms with E-state index in [1.165, 1.54) is 17.4 Å². The van der Waals surface area contributed by atoms with Crippen molar-refractivity contribution in [3.8, 4) is 11.1 Å². The smallest absolute Gasteiger partial charge is 0.277 e. The van der Waals surface area contributed by atoms with Gasteiger partial charge in [0.05, 0.1) is 22.8 Å². The van der Waals surface area contributed by atoms with Crippen molar-refractivity contribution in [2.24, 2.45) is 0 Å². The van der Waals surface area contributed by atoms with Crippen LogP contribution in [0, 0.1) is 12.7 Å². The fourth-order valence-electron chi connectivity index (χ4n) is 4.04. The second-order valence-electron chi connectivity index (χ2n) is 8.06. The van der Waals surface area contributed by atoms with E-state index in [0.29, 0.717) is 28.1 Å². The molecule has 9 heteroatoms. The van der Waals surface area contributed by atoms with Crippen LogP contribution in [0.25, 0.3) is 22.0 Å². The number of carbonyl (C=O) groups excluding carboxylic acids is 1. The molecule has 3 aromatic heterocycles. The van der Waals surface area contributed by atoms with Crippen LogP contribution in [0.5, 0.6) is 0 Å². The van der Waals surface area contributed by atoms with Crippen LogP contribution in [0.1, 0.15) is 34.2 Å². The number of hydrogen-bond donors (Lipinski definition) is 2. The molecular formula is C22H23FN6OS. The first-order valence-electron chi connectivity index (χ1n) is 10.3. The van der Waals surface area contributed by atoms with Gasteiger partial charge in [-0.05, 0) is 58.1 Å². The van der Waals surface area contributed by atoms with Crippen molar-refractivity contribution in [1.29, 1.82) is 0 Å². The zero-order valence-electron chi connectivity index (χ0n) is 17.4. The van der Waals surface area contributed by atoms with E-state index in [-0.39, 0.29) is 17.4 Å². The minimum atomic E-state index is -0.375. The van der Waals surface area contributed by atoms with Crippen molar-refractivity contribution in [1.82, 2.24) is 24.9 Å². The number of carbonyl (C=O) groups is 1. The number of likely N-dealkylation sites (tertiary alicyclic amines) is 1. The largest absolute Gasteiger partial charge is 0.312 e. The van der Waals surface area contributed by atoms with Gasteiger partial charge in [0.2, 0.25) is 0 Å². The summed E-state index contributed by atoms with van der Waals surface area (Å²) in [6, 6.07) is 7.18. The number of aryl methyl sites for hydroxylation is 1. The molecule has 0 aliphatic carbocycles. The zero-order valence-corrected chi connectivity index (χ0v) is 18.2. The third-order valence-electron chi connectivity index (χ3n) is 5.82. The number of amides is 1. The third-order valence-corrected chi connectivity index (χ3v) is 6.73. The maximum Gasteiger partial charge on any atom is 0.277 e. The Labute approximate surface area is 182 Å². The van der Waals surface area contributed by atoms with Crippen LogP contribution in [0.4, 0.5) is 9.39 Å². The summed E-state index contributed by atoms with van der Waals surface area (Å²) in [6.45, 7) is 4.03. The van der Waals surface area contributed by atoms with Gasteiger partial charge >= 0.3 is 0 Å². The van der Waals surface area contributed by atoms with Crippen LogP contribution >= 0.6 is 11.3 Å². The molecule has 0 spiro atoms. The molecule has 160 valence electrons. The van der Waals surface area contributed by atoms with E-state index in [0.717, 1.165) is 35.8 Å². The van der Waals surface area contributed by atoms with Crippen LogP contribution in [0.15, 0.2) is 36.7 Å². The number of halogens is 1. The number of nitrogens with one attached hydrogen (secondary N) is 2. The summed E-state index contributed by atoms with van der Waals surface area (Å²) in [4.78, 5) is 16.2. The fraction of sp³-hybridized carbons (Fsp3) is 0.318. The van der Waals surface area contributed by atoms with Crippen molar-refractivity contribution in [2.75, 3.05) is 25.5 Å². The monoisotopic (exact) mass is 438 g/mol. The second kappa shape index (κ2) is 7.90. The Morgan fingerprint density at radius 2 is 2.10 bits per heavy atom. The number of aromatic amines is 1. The standard InChI is InChI=1S/C22H23FN6OS/c1-13-3-4-20(31-13)25-22(30)21-17-9-16(18(23)10-19(17)26-27-21)14-11-24-29(12-14)15-5-7-28(2)8-6-15/h3-4,9-12,15H,5-8H2,1-2H3,(H,25,30)(H,26,27). The van der Waals surface area contributed by atoms with Crippen molar-refractivity contribution in [3.63, 3.8) is 0 Å². The maximum atomic E-state index is 14.9. The summed E-state index contributed by atoms with van der Waals surface area (Å²) in [5.74, 6) is -0.701. The molecule has 0 saturated carbocycles. The van der Waals surface area contributed by atoms with Crippen molar-refractivity contribution >= 4 is 33.1 Å². The highest BCUT2D eigenvalue weighted by atomic mass is 32.1. The lowest BCUT2D eigenvalue weighted by atomic mass is 10.0. The molecule has 1 aliphatic heterocycles. The van der Waals surface area contributed by atoms with Gasteiger partial charge in [-0.3, -0.25) is 14.6 Å². The number of nitrogens with zero attached hydrogens (tertiary/aromatic N) is 4. The SMILES string of the molecule is Cc1ccc(NC(=O)c2n[nH]c3cc(F)c(-c4cnn(C5CCN(C)CC5)c4)cc23)s1. The van der Waals surface area contributed by atoms with Crippen LogP contribution in [-0.4, -0.2) is 50.9 Å². The predicted molar refractivity (Wildman–Crippen MR) is 120 cm³/mol. The number of H-pyrrole nitrogens is 1. The molecule has 4 aromatic rings. The van der Waals surface area contributed by atoms with Crippen LogP contribution in [-0.2, 0) is 0 Å². The lowest BCUT2D eigenvalue weighted by Gasteiger charge is -2.28. The predicted octanol–water partition coefficient (Wildman–Crippen LogP) is 4.45. The van der Waals surface area contributed by atoms with Crippen molar-refractivity contribution in [3.05, 3.63) is 53.0 Å². The van der Waals surface area contributed by atoms with Gasteiger partial charge in [-0.2, -0.15) is 10.2 Å². The van der Waals surface area contributed by atoms with Crippen LogP contribution in [0.3, 0.4) is 0 Å². The lowest BCUT2D eigenvalue weighted by molar-refractivity contribution is 0.102. The molecule has 4 heterocycles. The van der Waals surface area contributed by atoms with Crippen LogP contribution in [0.2, 0.25) is 0 Å². The number of benzene rings is 1. The minimum Gasteiger partial charge on any atom is -0.312 e. The number of aromatic nitrogens is 4. The van der Waals surface area contributed by atoms with Gasteiger partial charge < -0.3 is 10.2 Å². The van der Waals surface area contributed by atoms with E-state index in [2.05, 4.69) is 32.6 Å². The molecule has 0 radical (unpaired) electrons.